The molecule has 196 valence electrons. The minimum atomic E-state index is 1.23. The van der Waals surface area contributed by atoms with E-state index in [-0.39, 0.29) is 0 Å². The molecule has 0 spiro atoms. The molecule has 0 nitrogen and oxygen atoms in total. The fraction of sp³-hybridized carbons (Fsp3) is 0. The third-order valence-corrected chi connectivity index (χ3v) is 8.45. The smallest absolute Gasteiger partial charge is 0.00261 e. The fourth-order valence-corrected chi connectivity index (χ4v) is 6.59. The van der Waals surface area contributed by atoms with Gasteiger partial charge < -0.3 is 0 Å². The van der Waals surface area contributed by atoms with Crippen molar-refractivity contribution >= 4 is 32.3 Å². The first kappa shape index (κ1) is 24.3. The van der Waals surface area contributed by atoms with Gasteiger partial charge in [0.05, 0.1) is 0 Å². The molecule has 0 aliphatic carbocycles. The maximum absolute atomic E-state index is 2.46. The Labute approximate surface area is 246 Å². The zero-order chi connectivity index (χ0) is 27.9. The second-order valence-electron chi connectivity index (χ2n) is 10.9. The lowest BCUT2D eigenvalue weighted by Gasteiger charge is -2.20. The molecule has 0 aromatic heterocycles. The number of hydrogen-bond donors (Lipinski definition) is 0. The summed E-state index contributed by atoms with van der Waals surface area (Å²) >= 11 is 0. The highest BCUT2D eigenvalue weighted by Gasteiger charge is 2.19. The molecule has 0 heteroatoms. The van der Waals surface area contributed by atoms with Crippen molar-refractivity contribution in [2.75, 3.05) is 0 Å². The molecule has 42 heavy (non-hydrogen) atoms. The first-order chi connectivity index (χ1) is 20.9. The van der Waals surface area contributed by atoms with Gasteiger partial charge >= 0.3 is 0 Å². The number of benzene rings is 8. The molecule has 0 aliphatic heterocycles. The van der Waals surface area contributed by atoms with Crippen LogP contribution in [0.15, 0.2) is 170 Å². The van der Waals surface area contributed by atoms with Gasteiger partial charge in [-0.1, -0.05) is 158 Å². The molecule has 0 saturated heterocycles. The van der Waals surface area contributed by atoms with Crippen molar-refractivity contribution < 1.29 is 0 Å². The molecule has 0 N–H and O–H groups in total. The van der Waals surface area contributed by atoms with Crippen molar-refractivity contribution in [1.29, 1.82) is 0 Å². The first-order valence-electron chi connectivity index (χ1n) is 14.5. The molecule has 8 aromatic carbocycles. The molecule has 8 aromatic rings. The van der Waals surface area contributed by atoms with Gasteiger partial charge in [0.25, 0.3) is 0 Å². The van der Waals surface area contributed by atoms with Crippen LogP contribution in [0.2, 0.25) is 0 Å². The van der Waals surface area contributed by atoms with E-state index in [0.29, 0.717) is 0 Å². The normalized spacial score (nSPS) is 11.3. The van der Waals surface area contributed by atoms with Crippen LogP contribution in [-0.2, 0) is 0 Å². The molecule has 0 bridgehead atoms. The summed E-state index contributed by atoms with van der Waals surface area (Å²) in [6, 6.07) is 61.7. The second kappa shape index (κ2) is 10.2. The highest BCUT2D eigenvalue weighted by atomic mass is 14.2. The van der Waals surface area contributed by atoms with E-state index < -0.39 is 0 Å². The molecule has 0 fully saturated rings. The average Bonchev–Trinajstić information content (AvgIpc) is 3.07. The van der Waals surface area contributed by atoms with E-state index in [0.717, 1.165) is 0 Å². The highest BCUT2D eigenvalue weighted by molar-refractivity contribution is 6.25. The summed E-state index contributed by atoms with van der Waals surface area (Å²) in [5.41, 5.74) is 10.00. The van der Waals surface area contributed by atoms with E-state index in [2.05, 4.69) is 170 Å². The van der Waals surface area contributed by atoms with Crippen LogP contribution in [0.3, 0.4) is 0 Å². The predicted octanol–water partition coefficient (Wildman–Crippen LogP) is 11.8. The van der Waals surface area contributed by atoms with Crippen molar-refractivity contribution in [1.82, 2.24) is 0 Å². The summed E-state index contributed by atoms with van der Waals surface area (Å²) < 4.78 is 0. The maximum Gasteiger partial charge on any atom is -0.00261 e. The van der Waals surface area contributed by atoms with Gasteiger partial charge in [-0.2, -0.15) is 0 Å². The van der Waals surface area contributed by atoms with Gasteiger partial charge in [-0.25, -0.2) is 0 Å². The number of fused-ring (bicyclic) bond motifs is 3. The first-order valence-corrected chi connectivity index (χ1v) is 14.5. The van der Waals surface area contributed by atoms with E-state index in [1.165, 1.54) is 76.8 Å². The van der Waals surface area contributed by atoms with Crippen LogP contribution in [0.4, 0.5) is 0 Å². The molecule has 0 unspecified atom stereocenters. The Kier molecular flexibility index (Phi) is 5.90. The lowest BCUT2D eigenvalue weighted by molar-refractivity contribution is 1.63. The van der Waals surface area contributed by atoms with Gasteiger partial charge in [0.1, 0.15) is 0 Å². The van der Waals surface area contributed by atoms with E-state index in [1.807, 2.05) is 0 Å². The molecular weight excluding hydrogens is 504 g/mol. The van der Waals surface area contributed by atoms with E-state index in [1.54, 1.807) is 0 Å². The maximum atomic E-state index is 2.46. The van der Waals surface area contributed by atoms with Crippen LogP contribution in [0, 0.1) is 0 Å². The van der Waals surface area contributed by atoms with Crippen LogP contribution in [0.25, 0.3) is 76.8 Å². The largest absolute Gasteiger partial charge is 0.0622 e. The Hall–Kier alpha value is -5.46. The van der Waals surface area contributed by atoms with Gasteiger partial charge in [-0.05, 0) is 89.0 Å². The molecule has 0 amide bonds. The third kappa shape index (κ3) is 4.00. The predicted molar refractivity (Wildman–Crippen MR) is 181 cm³/mol. The van der Waals surface area contributed by atoms with Gasteiger partial charge in [0.15, 0.2) is 0 Å². The SMILES string of the molecule is c1ccc(-c2ccc(-c3ccccc3)c3cc4c(-c5ccccc5)c5ccccc5c(-c5ccccc5)c4cc23)cc1. The van der Waals surface area contributed by atoms with Crippen molar-refractivity contribution in [3.05, 3.63) is 170 Å². The molecule has 8 rings (SSSR count). The monoisotopic (exact) mass is 532 g/mol. The Morgan fingerprint density at radius 1 is 0.214 bits per heavy atom. The minimum Gasteiger partial charge on any atom is -0.0622 e. The number of rotatable bonds is 4. The zero-order valence-electron chi connectivity index (χ0n) is 23.2. The van der Waals surface area contributed by atoms with Crippen molar-refractivity contribution in [3.8, 4) is 44.5 Å². The molecule has 0 heterocycles. The van der Waals surface area contributed by atoms with Crippen molar-refractivity contribution in [3.63, 3.8) is 0 Å². The molecule has 0 aliphatic rings. The summed E-state index contributed by atoms with van der Waals surface area (Å²) in [7, 11) is 0. The van der Waals surface area contributed by atoms with Crippen molar-refractivity contribution in [2.45, 2.75) is 0 Å². The zero-order valence-corrected chi connectivity index (χ0v) is 23.2. The number of hydrogen-bond acceptors (Lipinski definition) is 0. The summed E-state index contributed by atoms with van der Waals surface area (Å²) in [5, 5.41) is 7.62. The van der Waals surface area contributed by atoms with Crippen LogP contribution in [0.5, 0.6) is 0 Å². The quantitative estimate of drug-likeness (QED) is 0.198. The van der Waals surface area contributed by atoms with Gasteiger partial charge in [-0.15, -0.1) is 0 Å². The minimum absolute atomic E-state index is 1.23. The molecule has 0 atom stereocenters. The Morgan fingerprint density at radius 2 is 0.524 bits per heavy atom. The summed E-state index contributed by atoms with van der Waals surface area (Å²) in [6.07, 6.45) is 0. The Balaban J connectivity index is 1.62. The Morgan fingerprint density at radius 3 is 0.881 bits per heavy atom. The van der Waals surface area contributed by atoms with Gasteiger partial charge in [0.2, 0.25) is 0 Å². The third-order valence-electron chi connectivity index (χ3n) is 8.45. The standard InChI is InChI=1S/C42H28/c1-5-15-29(16-6-1)33-25-26-34(30-17-7-2-8-18-30)38-28-40-39(27-37(33)38)41(31-19-9-3-10-20-31)35-23-13-14-24-36(35)42(40)32-21-11-4-12-22-32/h1-28H. The van der Waals surface area contributed by atoms with Crippen LogP contribution < -0.4 is 0 Å². The lowest BCUT2D eigenvalue weighted by Crippen LogP contribution is -1.93. The van der Waals surface area contributed by atoms with Crippen LogP contribution >= 0.6 is 0 Å². The van der Waals surface area contributed by atoms with E-state index >= 15 is 0 Å². The Bertz CT molecular complexity index is 2030. The molecular formula is C42H28. The van der Waals surface area contributed by atoms with Crippen molar-refractivity contribution in [2.24, 2.45) is 0 Å². The topological polar surface area (TPSA) is 0 Å². The second-order valence-corrected chi connectivity index (χ2v) is 10.9. The summed E-state index contributed by atoms with van der Waals surface area (Å²) in [4.78, 5) is 0. The van der Waals surface area contributed by atoms with Gasteiger partial charge in [-0.3, -0.25) is 0 Å². The summed E-state index contributed by atoms with van der Waals surface area (Å²) in [5.74, 6) is 0. The fourth-order valence-electron chi connectivity index (χ4n) is 6.59. The molecule has 0 radical (unpaired) electrons. The van der Waals surface area contributed by atoms with E-state index in [4.69, 9.17) is 0 Å². The highest BCUT2D eigenvalue weighted by Crippen LogP contribution is 2.47. The lowest BCUT2D eigenvalue weighted by atomic mass is 9.83. The van der Waals surface area contributed by atoms with E-state index in [9.17, 15) is 0 Å². The van der Waals surface area contributed by atoms with Crippen LogP contribution in [0.1, 0.15) is 0 Å². The van der Waals surface area contributed by atoms with Crippen LogP contribution in [-0.4, -0.2) is 0 Å². The average molecular weight is 533 g/mol. The van der Waals surface area contributed by atoms with Gasteiger partial charge in [0, 0.05) is 0 Å². The summed E-state index contributed by atoms with van der Waals surface area (Å²) in [6.45, 7) is 0. The molecule has 0 saturated carbocycles.